The van der Waals surface area contributed by atoms with Crippen molar-refractivity contribution in [3.05, 3.63) is 35.7 Å². The zero-order valence-corrected chi connectivity index (χ0v) is 18.9. The van der Waals surface area contributed by atoms with Crippen LogP contribution in [0.1, 0.15) is 24.8 Å². The molecule has 12 heteroatoms. The molecule has 5 atom stereocenters. The Morgan fingerprint density at radius 1 is 1.00 bits per heavy atom. The van der Waals surface area contributed by atoms with E-state index in [1.54, 1.807) is 4.90 Å². The lowest BCUT2D eigenvalue weighted by Crippen LogP contribution is -2.45. The fourth-order valence-corrected chi connectivity index (χ4v) is 5.67. The van der Waals surface area contributed by atoms with Crippen LogP contribution in [0.15, 0.2) is 24.3 Å². The summed E-state index contributed by atoms with van der Waals surface area (Å²) in [5.41, 5.74) is 9.27. The summed E-state index contributed by atoms with van der Waals surface area (Å²) in [6.07, 6.45) is 0.157. The first-order chi connectivity index (χ1) is 16.7. The summed E-state index contributed by atoms with van der Waals surface area (Å²) >= 11 is 0. The Morgan fingerprint density at radius 3 is 2.37 bits per heavy atom. The van der Waals surface area contributed by atoms with Crippen molar-refractivity contribution in [2.24, 2.45) is 17.8 Å². The molecule has 1 aromatic rings. The lowest BCUT2D eigenvalue weighted by Gasteiger charge is -2.32. The summed E-state index contributed by atoms with van der Waals surface area (Å²) in [6, 6.07) is 3.35. The zero-order valence-electron chi connectivity index (χ0n) is 18.9. The zero-order chi connectivity index (χ0) is 24.7. The van der Waals surface area contributed by atoms with Gasteiger partial charge in [-0.2, -0.15) is 5.53 Å². The number of nitrogens with zero attached hydrogens (tertiary/aromatic N) is 2. The molecule has 1 aromatic carbocycles. The molecule has 5 rings (SSSR count). The number of hydrogen-bond donors (Lipinski definition) is 3. The minimum absolute atomic E-state index is 0.00719. The van der Waals surface area contributed by atoms with Gasteiger partial charge >= 0.3 is 6.36 Å². The number of hydrogen-bond acceptors (Lipinski definition) is 6. The van der Waals surface area contributed by atoms with E-state index in [1.165, 1.54) is 12.2 Å². The average Bonchev–Trinajstić information content (AvgIpc) is 3.51. The van der Waals surface area contributed by atoms with Crippen LogP contribution in [-0.4, -0.2) is 66.2 Å². The number of hydrazine groups is 2. The van der Waals surface area contributed by atoms with Crippen LogP contribution in [0, 0.1) is 23.6 Å². The number of rotatable bonds is 4. The van der Waals surface area contributed by atoms with Crippen molar-refractivity contribution in [3.63, 3.8) is 0 Å². The minimum Gasteiger partial charge on any atom is -0.406 e. The number of halogens is 4. The number of benzene rings is 1. The van der Waals surface area contributed by atoms with E-state index in [4.69, 9.17) is 0 Å². The maximum absolute atomic E-state index is 14.1. The molecule has 0 bridgehead atoms. The number of fused-ring (bicyclic) bond motifs is 2. The Labute approximate surface area is 199 Å². The number of carbonyl (C=O) groups excluding carboxylic acids is 2. The van der Waals surface area contributed by atoms with Crippen molar-refractivity contribution in [1.82, 2.24) is 26.2 Å². The quantitative estimate of drug-likeness (QED) is 0.435. The van der Waals surface area contributed by atoms with Crippen molar-refractivity contribution < 1.29 is 31.9 Å². The fraction of sp³-hybridized carbons (Fsp3) is 0.565. The molecule has 0 radical (unpaired) electrons. The third-order valence-electron chi connectivity index (χ3n) is 7.44. The third-order valence-corrected chi connectivity index (χ3v) is 7.44. The summed E-state index contributed by atoms with van der Waals surface area (Å²) in [7, 11) is 0. The summed E-state index contributed by atoms with van der Waals surface area (Å²) < 4.78 is 54.6. The lowest BCUT2D eigenvalue weighted by molar-refractivity contribution is -0.274. The van der Waals surface area contributed by atoms with E-state index < -0.39 is 17.9 Å². The van der Waals surface area contributed by atoms with Crippen LogP contribution in [0.5, 0.6) is 5.75 Å². The summed E-state index contributed by atoms with van der Waals surface area (Å²) in [5, 5.41) is 0. The van der Waals surface area contributed by atoms with Gasteiger partial charge in [0.25, 0.3) is 0 Å². The van der Waals surface area contributed by atoms with Crippen LogP contribution >= 0.6 is 0 Å². The highest BCUT2D eigenvalue weighted by Gasteiger charge is 2.45. The number of carbonyl (C=O) groups is 2. The molecule has 4 aliphatic rings. The van der Waals surface area contributed by atoms with E-state index in [0.29, 0.717) is 38.3 Å². The molecule has 3 aliphatic heterocycles. The average molecular weight is 497 g/mol. The van der Waals surface area contributed by atoms with E-state index in [9.17, 15) is 27.2 Å². The van der Waals surface area contributed by atoms with Gasteiger partial charge < -0.3 is 14.5 Å². The van der Waals surface area contributed by atoms with Gasteiger partial charge in [-0.05, 0) is 37.5 Å². The highest BCUT2D eigenvalue weighted by molar-refractivity contribution is 5.92. The number of likely N-dealkylation sites (tertiary alicyclic amines) is 2. The van der Waals surface area contributed by atoms with E-state index in [2.05, 4.69) is 21.1 Å². The Morgan fingerprint density at radius 2 is 1.69 bits per heavy atom. The topological polar surface area (TPSA) is 85.9 Å². The Kier molecular flexibility index (Phi) is 6.45. The van der Waals surface area contributed by atoms with E-state index >= 15 is 0 Å². The molecule has 0 aromatic heterocycles. The lowest BCUT2D eigenvalue weighted by atomic mass is 9.82. The van der Waals surface area contributed by atoms with Gasteiger partial charge in [0, 0.05) is 73.7 Å². The molecule has 8 nitrogen and oxygen atoms in total. The second kappa shape index (κ2) is 9.40. The first-order valence-corrected chi connectivity index (χ1v) is 11.7. The Balaban J connectivity index is 1.12. The van der Waals surface area contributed by atoms with Gasteiger partial charge in [-0.25, -0.2) is 15.2 Å². The molecule has 3 unspecified atom stereocenters. The summed E-state index contributed by atoms with van der Waals surface area (Å²) in [6.45, 7) is 2.29. The normalized spacial score (nSPS) is 30.6. The monoisotopic (exact) mass is 497 g/mol. The third kappa shape index (κ3) is 5.29. The van der Waals surface area contributed by atoms with E-state index in [-0.39, 0.29) is 41.2 Å². The molecule has 3 N–H and O–H groups in total. The van der Waals surface area contributed by atoms with Crippen molar-refractivity contribution in [3.8, 4) is 5.75 Å². The molecule has 2 amide bonds. The van der Waals surface area contributed by atoms with Crippen LogP contribution < -0.4 is 21.1 Å². The molecule has 0 spiro atoms. The first-order valence-electron chi connectivity index (χ1n) is 11.7. The van der Waals surface area contributed by atoms with Gasteiger partial charge in [-0.3, -0.25) is 9.59 Å². The van der Waals surface area contributed by atoms with Gasteiger partial charge in [0.1, 0.15) is 11.6 Å². The van der Waals surface area contributed by atoms with Gasteiger partial charge in [0.15, 0.2) is 0 Å². The Hall–Kier alpha value is -2.70. The van der Waals surface area contributed by atoms with Crippen molar-refractivity contribution in [1.29, 1.82) is 0 Å². The van der Waals surface area contributed by atoms with Gasteiger partial charge in [-0.1, -0.05) is 0 Å². The van der Waals surface area contributed by atoms with Gasteiger partial charge in [0.05, 0.1) is 0 Å². The van der Waals surface area contributed by atoms with E-state index in [1.807, 2.05) is 4.90 Å². The van der Waals surface area contributed by atoms with Crippen molar-refractivity contribution in [2.75, 3.05) is 26.2 Å². The second-order valence-electron chi connectivity index (χ2n) is 9.71. The van der Waals surface area contributed by atoms with Crippen LogP contribution in [-0.2, 0) is 9.59 Å². The predicted octanol–water partition coefficient (Wildman–Crippen LogP) is 1.80. The van der Waals surface area contributed by atoms with Crippen LogP contribution in [0.4, 0.5) is 17.6 Å². The molecule has 4 fully saturated rings. The number of ether oxygens (including phenoxy) is 1. The van der Waals surface area contributed by atoms with Crippen LogP contribution in [0.25, 0.3) is 6.08 Å². The first kappa shape index (κ1) is 24.0. The van der Waals surface area contributed by atoms with Crippen LogP contribution in [0.3, 0.4) is 0 Å². The Bertz CT molecular complexity index is 1010. The standard InChI is InChI=1S/C23H27F4N5O3/c24-18-8-17(35-23(25,26)27)4-1-13(18)3-6-21(33)31-9-15-11-32(12-16(15)10-31)22(34)14-2-5-19-20(7-14)29-30-28-19/h1,3-4,6,8,14-16,19-20,28-30H,2,5,7,9-12H2/b6-3+/t14?,15-,16-,19?,20?/m1/s1. The second-order valence-corrected chi connectivity index (χ2v) is 9.71. The highest BCUT2D eigenvalue weighted by atomic mass is 19.4. The van der Waals surface area contributed by atoms with Crippen LogP contribution in [0.2, 0.25) is 0 Å². The molecule has 3 heterocycles. The maximum Gasteiger partial charge on any atom is 0.573 e. The molecular formula is C23H27F4N5O3. The maximum atomic E-state index is 14.1. The van der Waals surface area contributed by atoms with Gasteiger partial charge in [0.2, 0.25) is 11.8 Å². The molecule has 35 heavy (non-hydrogen) atoms. The molecule has 3 saturated heterocycles. The number of amides is 2. The minimum atomic E-state index is -4.91. The number of alkyl halides is 3. The highest BCUT2D eigenvalue weighted by Crippen LogP contribution is 2.35. The summed E-state index contributed by atoms with van der Waals surface area (Å²) in [5.74, 6) is -1.27. The molecular weight excluding hydrogens is 470 g/mol. The fourth-order valence-electron chi connectivity index (χ4n) is 5.67. The predicted molar refractivity (Wildman–Crippen MR) is 117 cm³/mol. The number of nitrogens with one attached hydrogen (secondary N) is 3. The molecule has 1 aliphatic carbocycles. The van der Waals surface area contributed by atoms with E-state index in [0.717, 1.165) is 31.4 Å². The molecule has 1 saturated carbocycles. The van der Waals surface area contributed by atoms with Crippen molar-refractivity contribution in [2.45, 2.75) is 37.7 Å². The van der Waals surface area contributed by atoms with Crippen molar-refractivity contribution >= 4 is 17.9 Å². The molecule has 190 valence electrons. The van der Waals surface area contributed by atoms with Gasteiger partial charge in [-0.15, -0.1) is 13.2 Å². The summed E-state index contributed by atoms with van der Waals surface area (Å²) in [4.78, 5) is 29.3. The SMILES string of the molecule is O=C(/C=C/c1ccc(OC(F)(F)F)cc1F)N1C[C@@H]2CN(C(=O)C3CCC4NNNC4C3)C[C@H]2C1. The largest absolute Gasteiger partial charge is 0.573 e. The smallest absolute Gasteiger partial charge is 0.406 e.